The van der Waals surface area contributed by atoms with Gasteiger partial charge in [-0.1, -0.05) is 41.5 Å². The summed E-state index contributed by atoms with van der Waals surface area (Å²) in [5.74, 6) is -3.62. The zero-order valence-corrected chi connectivity index (χ0v) is 20.3. The van der Waals surface area contributed by atoms with E-state index in [2.05, 4.69) is 13.8 Å². The number of ketones is 1. The lowest BCUT2D eigenvalue weighted by atomic mass is 9.29. The van der Waals surface area contributed by atoms with Crippen molar-refractivity contribution in [3.8, 4) is 0 Å². The van der Waals surface area contributed by atoms with Gasteiger partial charge in [0.25, 0.3) is 0 Å². The summed E-state index contributed by atoms with van der Waals surface area (Å²) in [6.45, 7) is 12.2. The smallest absolute Gasteiger partial charge is 0.317 e. The molecule has 0 aromatic heterocycles. The summed E-state index contributed by atoms with van der Waals surface area (Å²) in [7, 11) is 0. The fourth-order valence-corrected chi connectivity index (χ4v) is 9.92. The number of cyclic esters (lactones) is 4. The van der Waals surface area contributed by atoms with Gasteiger partial charge in [-0.15, -0.1) is 0 Å². The van der Waals surface area contributed by atoms with Gasteiger partial charge in [-0.25, -0.2) is 0 Å². The lowest BCUT2D eigenvalue weighted by Crippen LogP contribution is -2.76. The van der Waals surface area contributed by atoms with Crippen molar-refractivity contribution in [2.24, 2.45) is 63.6 Å². The van der Waals surface area contributed by atoms with E-state index in [0.29, 0.717) is 12.8 Å². The van der Waals surface area contributed by atoms with Crippen LogP contribution in [0.1, 0.15) is 67.2 Å². The summed E-state index contributed by atoms with van der Waals surface area (Å²) in [6.07, 6.45) is 2.71. The van der Waals surface area contributed by atoms with Gasteiger partial charge in [0.2, 0.25) is 0 Å². The summed E-state index contributed by atoms with van der Waals surface area (Å²) in [5.41, 5.74) is -1.66. The first-order valence-electron chi connectivity index (χ1n) is 12.7. The fourth-order valence-electron chi connectivity index (χ4n) is 9.92. The summed E-state index contributed by atoms with van der Waals surface area (Å²) in [4.78, 5) is 63.2. The maximum Gasteiger partial charge on any atom is 0.317 e. The van der Waals surface area contributed by atoms with Crippen molar-refractivity contribution >= 4 is 29.7 Å². The second kappa shape index (κ2) is 6.76. The molecule has 33 heavy (non-hydrogen) atoms. The highest BCUT2D eigenvalue weighted by molar-refractivity contribution is 6.06. The first kappa shape index (κ1) is 22.7. The highest BCUT2D eigenvalue weighted by atomic mass is 16.6. The number of esters is 4. The van der Waals surface area contributed by atoms with E-state index in [9.17, 15) is 24.0 Å². The van der Waals surface area contributed by atoms with Crippen LogP contribution in [0.5, 0.6) is 0 Å². The van der Waals surface area contributed by atoms with Gasteiger partial charge in [0, 0.05) is 10.8 Å². The molecule has 7 nitrogen and oxygen atoms in total. The van der Waals surface area contributed by atoms with E-state index in [4.69, 9.17) is 9.47 Å². The van der Waals surface area contributed by atoms with Crippen LogP contribution in [-0.4, -0.2) is 29.7 Å². The minimum Gasteiger partial charge on any atom is -0.393 e. The first-order valence-corrected chi connectivity index (χ1v) is 12.7. The van der Waals surface area contributed by atoms with Crippen LogP contribution in [0.15, 0.2) is 0 Å². The first-order chi connectivity index (χ1) is 15.7. The van der Waals surface area contributed by atoms with E-state index < -0.39 is 52.0 Å². The summed E-state index contributed by atoms with van der Waals surface area (Å²) >= 11 is 0. The van der Waals surface area contributed by atoms with E-state index in [1.54, 1.807) is 0 Å². The summed E-state index contributed by atoms with van der Waals surface area (Å²) in [6, 6.07) is 0. The monoisotopic (exact) mass is 458 g/mol. The van der Waals surface area contributed by atoms with Gasteiger partial charge in [0.1, 0.15) is 5.78 Å². The van der Waals surface area contributed by atoms with Crippen LogP contribution in [0.4, 0.5) is 0 Å². The molecule has 5 saturated carbocycles. The van der Waals surface area contributed by atoms with Gasteiger partial charge in [-0.05, 0) is 54.8 Å². The normalized spacial score (nSPS) is 50.9. The highest BCUT2D eigenvalue weighted by Gasteiger charge is 2.88. The molecular weight excluding hydrogens is 424 g/mol. The molecule has 10 unspecified atom stereocenters. The second-order valence-electron chi connectivity index (χ2n) is 11.1. The molecular formula is C26H34O7. The number of hydrogen-bond donors (Lipinski definition) is 0. The molecule has 0 aromatic carbocycles. The predicted octanol–water partition coefficient (Wildman–Crippen LogP) is 3.33. The number of hydrogen-bond acceptors (Lipinski definition) is 7. The van der Waals surface area contributed by atoms with Crippen molar-refractivity contribution in [3.63, 3.8) is 0 Å². The van der Waals surface area contributed by atoms with Crippen molar-refractivity contribution < 1.29 is 33.4 Å². The largest absolute Gasteiger partial charge is 0.393 e. The van der Waals surface area contributed by atoms with Crippen LogP contribution in [-0.2, 0) is 33.4 Å². The molecule has 2 heterocycles. The van der Waals surface area contributed by atoms with E-state index in [0.717, 1.165) is 12.8 Å². The molecule has 2 spiro atoms. The van der Waals surface area contributed by atoms with E-state index in [1.807, 2.05) is 27.7 Å². The standard InChI is InChI=1S/C22H22O7.2C2H6/c1-20(2)21(5-7-3-9(21)13-11(7)15(23)28-17(13)25)19(27)22(20)6-8-4-10(22)14-12(8)16(24)29-18(14)26;2*1-2/h7-14H,3-6H2,1-2H3;2*1-2H3. The highest BCUT2D eigenvalue weighted by Crippen LogP contribution is 2.85. The topological polar surface area (TPSA) is 104 Å². The Kier molecular flexibility index (Phi) is 4.65. The Hall–Kier alpha value is -2.05. The minimum absolute atomic E-state index is 0.0221. The molecule has 4 bridgehead atoms. The van der Waals surface area contributed by atoms with E-state index >= 15 is 0 Å². The minimum atomic E-state index is -0.630. The van der Waals surface area contributed by atoms with Crippen LogP contribution >= 0.6 is 0 Å². The zero-order valence-electron chi connectivity index (χ0n) is 20.3. The molecule has 7 aliphatic rings. The molecule has 2 saturated heterocycles. The van der Waals surface area contributed by atoms with Gasteiger partial charge in [0.15, 0.2) is 0 Å². The van der Waals surface area contributed by atoms with Crippen molar-refractivity contribution in [1.29, 1.82) is 0 Å². The molecule has 0 aromatic rings. The summed E-state index contributed by atoms with van der Waals surface area (Å²) < 4.78 is 9.87. The molecule has 7 fully saturated rings. The van der Waals surface area contributed by atoms with Crippen molar-refractivity contribution in [2.75, 3.05) is 0 Å². The molecule has 7 rings (SSSR count). The Morgan fingerprint density at radius 3 is 1.27 bits per heavy atom. The Balaban J connectivity index is 0.000000544. The Labute approximate surface area is 194 Å². The Morgan fingerprint density at radius 1 is 0.606 bits per heavy atom. The number of fused-ring (bicyclic) bond motifs is 12. The molecule has 0 amide bonds. The van der Waals surface area contributed by atoms with Crippen LogP contribution in [0, 0.1) is 63.6 Å². The number of rotatable bonds is 0. The van der Waals surface area contributed by atoms with Crippen molar-refractivity contribution in [1.82, 2.24) is 0 Å². The molecule has 180 valence electrons. The zero-order chi connectivity index (χ0) is 24.2. The van der Waals surface area contributed by atoms with Crippen LogP contribution in [0.2, 0.25) is 0 Å². The lowest BCUT2D eigenvalue weighted by Gasteiger charge is -2.71. The van der Waals surface area contributed by atoms with Crippen molar-refractivity contribution in [2.45, 2.75) is 67.2 Å². The fraction of sp³-hybridized carbons (Fsp3) is 0.808. The van der Waals surface area contributed by atoms with Gasteiger partial charge >= 0.3 is 23.9 Å². The van der Waals surface area contributed by atoms with E-state index in [1.165, 1.54) is 0 Å². The Morgan fingerprint density at radius 2 is 0.939 bits per heavy atom. The third-order valence-corrected chi connectivity index (χ3v) is 10.7. The predicted molar refractivity (Wildman–Crippen MR) is 115 cm³/mol. The molecule has 0 radical (unpaired) electrons. The van der Waals surface area contributed by atoms with E-state index in [-0.39, 0.29) is 41.3 Å². The van der Waals surface area contributed by atoms with Gasteiger partial charge < -0.3 is 9.47 Å². The van der Waals surface area contributed by atoms with Gasteiger partial charge in [-0.2, -0.15) is 0 Å². The van der Waals surface area contributed by atoms with Gasteiger partial charge in [0.05, 0.1) is 23.7 Å². The van der Waals surface area contributed by atoms with Crippen molar-refractivity contribution in [3.05, 3.63) is 0 Å². The lowest BCUT2D eigenvalue weighted by molar-refractivity contribution is -0.232. The number of carbonyl (C=O) groups is 5. The molecule has 2 aliphatic heterocycles. The average Bonchev–Trinajstić information content (AvgIpc) is 3.61. The SMILES string of the molecule is CC.CC.CC1(C)C2(CC3CC2C2C(=O)OC(=O)C32)C(=O)C12CC1CC2C2C(=O)OC(=O)C12. The number of Topliss-reactive ketones (excluding diaryl/α,β-unsaturated/α-hetero) is 1. The Bertz CT molecular complexity index is 907. The molecule has 7 heteroatoms. The molecule has 5 aliphatic carbocycles. The third kappa shape index (κ3) is 2.08. The maximum absolute atomic E-state index is 14.1. The third-order valence-electron chi connectivity index (χ3n) is 10.7. The average molecular weight is 459 g/mol. The molecule has 0 N–H and O–H groups in total. The quantitative estimate of drug-likeness (QED) is 0.405. The number of carbonyl (C=O) groups excluding carboxylic acids is 5. The summed E-state index contributed by atoms with van der Waals surface area (Å²) in [5, 5.41) is 0. The number of ether oxygens (including phenoxy) is 2. The second-order valence-corrected chi connectivity index (χ2v) is 11.1. The maximum atomic E-state index is 14.1. The van der Waals surface area contributed by atoms with Gasteiger partial charge in [-0.3, -0.25) is 24.0 Å². The van der Waals surface area contributed by atoms with Crippen LogP contribution < -0.4 is 0 Å². The van der Waals surface area contributed by atoms with Crippen LogP contribution in [0.25, 0.3) is 0 Å². The van der Waals surface area contributed by atoms with Crippen LogP contribution in [0.3, 0.4) is 0 Å². The molecule has 10 atom stereocenters.